The Hall–Kier alpha value is -1.10. The second-order valence-corrected chi connectivity index (χ2v) is 6.58. The molecule has 0 amide bonds. The average molecular weight is 305 g/mol. The van der Waals surface area contributed by atoms with Crippen LogP contribution >= 0.6 is 0 Å². The van der Waals surface area contributed by atoms with Crippen LogP contribution in [0.2, 0.25) is 0 Å². The Labute approximate surface area is 134 Å². The van der Waals surface area contributed by atoms with E-state index in [-0.39, 0.29) is 6.04 Å². The van der Waals surface area contributed by atoms with E-state index >= 15 is 0 Å². The van der Waals surface area contributed by atoms with Gasteiger partial charge in [0.15, 0.2) is 0 Å². The molecule has 1 aromatic carbocycles. The zero-order valence-corrected chi connectivity index (χ0v) is 14.1. The van der Waals surface area contributed by atoms with Crippen LogP contribution in [0.15, 0.2) is 18.2 Å². The van der Waals surface area contributed by atoms with Gasteiger partial charge in [0.2, 0.25) is 0 Å². The van der Waals surface area contributed by atoms with Crippen molar-refractivity contribution in [3.8, 4) is 5.75 Å². The van der Waals surface area contributed by atoms with Crippen molar-refractivity contribution in [2.24, 2.45) is 11.5 Å². The average Bonchev–Trinajstić information content (AvgIpc) is 2.95. The maximum atomic E-state index is 6.22. The Bertz CT molecular complexity index is 464. The molecule has 0 saturated heterocycles. The molecule has 124 valence electrons. The van der Waals surface area contributed by atoms with Crippen molar-refractivity contribution < 1.29 is 4.74 Å². The lowest BCUT2D eigenvalue weighted by molar-refractivity contribution is 0.236. The largest absolute Gasteiger partial charge is 0.493 e. The molecule has 4 nitrogen and oxygen atoms in total. The molecule has 0 fully saturated rings. The Morgan fingerprint density at radius 3 is 2.91 bits per heavy atom. The highest BCUT2D eigenvalue weighted by Gasteiger charge is 2.16. The van der Waals surface area contributed by atoms with Gasteiger partial charge in [-0.15, -0.1) is 0 Å². The van der Waals surface area contributed by atoms with Crippen molar-refractivity contribution in [1.82, 2.24) is 4.90 Å². The molecule has 0 spiro atoms. The molecule has 1 aliphatic rings. The minimum atomic E-state index is 0.243. The number of hydrogen-bond donors (Lipinski definition) is 2. The zero-order valence-electron chi connectivity index (χ0n) is 14.1. The Morgan fingerprint density at radius 1 is 1.32 bits per heavy atom. The Morgan fingerprint density at radius 2 is 2.14 bits per heavy atom. The zero-order chi connectivity index (χ0) is 15.9. The van der Waals surface area contributed by atoms with Crippen molar-refractivity contribution in [1.29, 1.82) is 0 Å². The van der Waals surface area contributed by atoms with Gasteiger partial charge in [-0.2, -0.15) is 0 Å². The summed E-state index contributed by atoms with van der Waals surface area (Å²) < 4.78 is 5.57. The number of benzene rings is 1. The molecule has 0 aromatic heterocycles. The van der Waals surface area contributed by atoms with Crippen LogP contribution in [-0.2, 0) is 12.8 Å². The lowest BCUT2D eigenvalue weighted by atomic mass is 10.0. The monoisotopic (exact) mass is 305 g/mol. The number of unbranched alkanes of at least 4 members (excludes halogenated alkanes) is 1. The predicted molar refractivity (Wildman–Crippen MR) is 92.3 cm³/mol. The molecule has 0 radical (unpaired) electrons. The van der Waals surface area contributed by atoms with E-state index in [1.807, 2.05) is 0 Å². The van der Waals surface area contributed by atoms with Crippen LogP contribution in [0.1, 0.15) is 37.3 Å². The first-order valence-electron chi connectivity index (χ1n) is 8.50. The predicted octanol–water partition coefficient (Wildman–Crippen LogP) is 1.94. The van der Waals surface area contributed by atoms with E-state index in [4.69, 9.17) is 16.2 Å². The van der Waals surface area contributed by atoms with Gasteiger partial charge in [-0.25, -0.2) is 0 Å². The van der Waals surface area contributed by atoms with Crippen LogP contribution in [0.4, 0.5) is 0 Å². The van der Waals surface area contributed by atoms with E-state index in [1.54, 1.807) is 0 Å². The summed E-state index contributed by atoms with van der Waals surface area (Å²) in [5.41, 5.74) is 14.5. The highest BCUT2D eigenvalue weighted by molar-refractivity contribution is 5.40. The van der Waals surface area contributed by atoms with Gasteiger partial charge >= 0.3 is 0 Å². The van der Waals surface area contributed by atoms with Crippen LogP contribution in [0.5, 0.6) is 5.75 Å². The first kappa shape index (κ1) is 17.3. The van der Waals surface area contributed by atoms with E-state index in [2.05, 4.69) is 37.1 Å². The van der Waals surface area contributed by atoms with E-state index < -0.39 is 0 Å². The molecular weight excluding hydrogens is 274 g/mol. The molecular formula is C18H31N3O. The summed E-state index contributed by atoms with van der Waals surface area (Å²) in [6, 6.07) is 7.33. The van der Waals surface area contributed by atoms with Gasteiger partial charge in [0.25, 0.3) is 0 Å². The number of fused-ring (bicyclic) bond motifs is 1. The molecule has 1 aliphatic heterocycles. The fourth-order valence-corrected chi connectivity index (χ4v) is 3.06. The van der Waals surface area contributed by atoms with Crippen molar-refractivity contribution in [3.63, 3.8) is 0 Å². The van der Waals surface area contributed by atoms with Crippen LogP contribution in [0.25, 0.3) is 0 Å². The number of likely N-dealkylation sites (N-methyl/N-ethyl adjacent to an activating group) is 1. The smallest absolute Gasteiger partial charge is 0.122 e. The minimum Gasteiger partial charge on any atom is -0.493 e. The van der Waals surface area contributed by atoms with Crippen molar-refractivity contribution >= 4 is 0 Å². The van der Waals surface area contributed by atoms with Gasteiger partial charge in [-0.1, -0.05) is 18.6 Å². The minimum absolute atomic E-state index is 0.243. The molecule has 0 bridgehead atoms. The summed E-state index contributed by atoms with van der Waals surface area (Å²) >= 11 is 0. The lowest BCUT2D eigenvalue weighted by Gasteiger charge is -2.27. The van der Waals surface area contributed by atoms with E-state index in [9.17, 15) is 0 Å². The maximum Gasteiger partial charge on any atom is 0.122 e. The van der Waals surface area contributed by atoms with E-state index in [0.717, 1.165) is 57.6 Å². The first-order chi connectivity index (χ1) is 10.6. The van der Waals surface area contributed by atoms with Crippen molar-refractivity contribution in [2.45, 2.75) is 51.1 Å². The van der Waals surface area contributed by atoms with Crippen LogP contribution in [-0.4, -0.2) is 43.7 Å². The molecule has 4 heteroatoms. The quantitative estimate of drug-likeness (QED) is 0.684. The third-order valence-corrected chi connectivity index (χ3v) is 4.59. The lowest BCUT2D eigenvalue weighted by Crippen LogP contribution is -2.40. The number of ether oxygens (including phenoxy) is 1. The Kier molecular flexibility index (Phi) is 6.68. The number of nitrogens with zero attached hydrogens (tertiary/aromatic N) is 1. The normalized spacial score (nSPS) is 16.4. The first-order valence-corrected chi connectivity index (χ1v) is 8.50. The fourth-order valence-electron chi connectivity index (χ4n) is 3.06. The van der Waals surface area contributed by atoms with Crippen LogP contribution < -0.4 is 16.2 Å². The molecule has 1 aromatic rings. The van der Waals surface area contributed by atoms with Gasteiger partial charge in [0.1, 0.15) is 5.75 Å². The van der Waals surface area contributed by atoms with E-state index in [1.165, 1.54) is 11.1 Å². The molecule has 4 N–H and O–H groups in total. The molecule has 2 atom stereocenters. The summed E-state index contributed by atoms with van der Waals surface area (Å²) in [4.78, 5) is 2.37. The third kappa shape index (κ3) is 4.97. The third-order valence-electron chi connectivity index (χ3n) is 4.59. The standard InChI is InChI=1S/C18H31N3O/c1-14(21(2)13-17(20)5-3-4-9-19)11-15-6-7-18-16(12-15)8-10-22-18/h6-7,12,14,17H,3-5,8-11,13,19-20H2,1-2H3. The number of nitrogens with two attached hydrogens (primary N) is 2. The summed E-state index contributed by atoms with van der Waals surface area (Å²) in [5.74, 6) is 1.06. The van der Waals surface area contributed by atoms with Crippen LogP contribution in [0, 0.1) is 0 Å². The maximum absolute atomic E-state index is 6.22. The molecule has 1 heterocycles. The SMILES string of the molecule is CC(Cc1ccc2c(c1)CCO2)N(C)CC(N)CCCCN. The highest BCUT2D eigenvalue weighted by Crippen LogP contribution is 2.26. The van der Waals surface area contributed by atoms with Gasteiger partial charge in [-0.3, -0.25) is 0 Å². The van der Waals surface area contributed by atoms with Gasteiger partial charge in [0, 0.05) is 25.0 Å². The van der Waals surface area contributed by atoms with E-state index in [0.29, 0.717) is 6.04 Å². The summed E-state index contributed by atoms with van der Waals surface area (Å²) in [7, 11) is 2.17. The summed E-state index contributed by atoms with van der Waals surface area (Å²) in [6.45, 7) is 4.81. The highest BCUT2D eigenvalue weighted by atomic mass is 16.5. The van der Waals surface area contributed by atoms with Crippen LogP contribution in [0.3, 0.4) is 0 Å². The topological polar surface area (TPSA) is 64.5 Å². The molecule has 2 unspecified atom stereocenters. The number of hydrogen-bond acceptors (Lipinski definition) is 4. The summed E-state index contributed by atoms with van der Waals surface area (Å²) in [5, 5.41) is 0. The second-order valence-electron chi connectivity index (χ2n) is 6.58. The second kappa shape index (κ2) is 8.51. The van der Waals surface area contributed by atoms with Gasteiger partial charge in [-0.05, 0) is 57.0 Å². The van der Waals surface area contributed by atoms with Crippen molar-refractivity contribution in [3.05, 3.63) is 29.3 Å². The molecule has 0 aliphatic carbocycles. The number of rotatable bonds is 9. The summed E-state index contributed by atoms with van der Waals surface area (Å²) in [6.07, 6.45) is 5.36. The van der Waals surface area contributed by atoms with Gasteiger partial charge in [0.05, 0.1) is 6.61 Å². The molecule has 2 rings (SSSR count). The van der Waals surface area contributed by atoms with Gasteiger partial charge < -0.3 is 21.1 Å². The molecule has 0 saturated carbocycles. The molecule has 22 heavy (non-hydrogen) atoms. The fraction of sp³-hybridized carbons (Fsp3) is 0.667. The Balaban J connectivity index is 1.79. The van der Waals surface area contributed by atoms with Crippen molar-refractivity contribution in [2.75, 3.05) is 26.7 Å².